The standard InChI is InChI=1S/C33H42O7/c1-16-7-8-21-22(16)25-23(19(13-17(2)34)14-30(21,5)37)33(28(36)40-25)15-32-12-11-29(33,4)26(32)24-20(9-10-31(32,6)38)18(3)27(35)39-24/h7,11-12,19-26,37-38H,3,8-10,13-15H2,1-2,4-6H3/t19-,20+,21-,22+,23+,24+,25+,26+,29-,30+,31-,32+,33-/m0/s1. The third-order valence-corrected chi connectivity index (χ3v) is 13.2. The number of fused-ring (bicyclic) bond motifs is 6. The van der Waals surface area contributed by atoms with Gasteiger partial charge < -0.3 is 24.5 Å². The minimum atomic E-state index is -1.15. The second-order valence-corrected chi connectivity index (χ2v) is 15.0. The van der Waals surface area contributed by atoms with Crippen molar-refractivity contribution in [1.82, 2.24) is 0 Å². The van der Waals surface area contributed by atoms with Crippen molar-refractivity contribution in [1.29, 1.82) is 0 Å². The Morgan fingerprint density at radius 1 is 1.12 bits per heavy atom. The lowest BCUT2D eigenvalue weighted by atomic mass is 9.52. The molecule has 0 aromatic carbocycles. The molecule has 0 aromatic heterocycles. The largest absolute Gasteiger partial charge is 0.461 e. The van der Waals surface area contributed by atoms with Gasteiger partial charge in [-0.25, -0.2) is 4.79 Å². The summed E-state index contributed by atoms with van der Waals surface area (Å²) >= 11 is 0. The molecule has 2 N–H and O–H groups in total. The average molecular weight is 551 g/mol. The third kappa shape index (κ3) is 2.87. The number of carbonyl (C=O) groups is 3. The normalized spacial score (nSPS) is 55.7. The molecule has 7 aliphatic rings. The number of Topliss-reactive ketones (excluding diaryl/α,β-unsaturated/α-hetero) is 1. The molecule has 2 aliphatic heterocycles. The van der Waals surface area contributed by atoms with E-state index in [0.717, 1.165) is 5.57 Å². The van der Waals surface area contributed by atoms with Gasteiger partial charge in [0, 0.05) is 52.4 Å². The molecule has 2 saturated heterocycles. The number of ketones is 1. The Balaban J connectivity index is 1.45. The van der Waals surface area contributed by atoms with Crippen molar-refractivity contribution in [2.75, 3.05) is 0 Å². The van der Waals surface area contributed by atoms with E-state index in [1.165, 1.54) is 0 Å². The van der Waals surface area contributed by atoms with Crippen LogP contribution in [0.5, 0.6) is 0 Å². The van der Waals surface area contributed by atoms with Crippen molar-refractivity contribution in [2.24, 2.45) is 51.8 Å². The molecule has 2 heterocycles. The van der Waals surface area contributed by atoms with Gasteiger partial charge >= 0.3 is 11.9 Å². The molecule has 13 atom stereocenters. The van der Waals surface area contributed by atoms with Gasteiger partial charge in [-0.2, -0.15) is 0 Å². The minimum Gasteiger partial charge on any atom is -0.461 e. The van der Waals surface area contributed by atoms with Gasteiger partial charge in [0.1, 0.15) is 18.0 Å². The van der Waals surface area contributed by atoms with Gasteiger partial charge in [0.2, 0.25) is 0 Å². The first-order valence-corrected chi connectivity index (χ1v) is 15.0. The lowest BCUT2D eigenvalue weighted by Crippen LogP contribution is -2.51. The van der Waals surface area contributed by atoms with Crippen LogP contribution in [-0.4, -0.2) is 51.3 Å². The third-order valence-electron chi connectivity index (χ3n) is 13.2. The molecule has 7 nitrogen and oxygen atoms in total. The van der Waals surface area contributed by atoms with E-state index in [1.54, 1.807) is 6.92 Å². The maximum atomic E-state index is 14.6. The highest BCUT2D eigenvalue weighted by atomic mass is 16.6. The molecule has 7 rings (SSSR count). The molecule has 1 spiro atoms. The van der Waals surface area contributed by atoms with Crippen LogP contribution in [0.15, 0.2) is 36.0 Å². The number of ether oxygens (including phenoxy) is 2. The molecule has 40 heavy (non-hydrogen) atoms. The number of rotatable bonds is 2. The van der Waals surface area contributed by atoms with E-state index >= 15 is 0 Å². The van der Waals surface area contributed by atoms with E-state index in [9.17, 15) is 24.6 Å². The van der Waals surface area contributed by atoms with E-state index in [-0.39, 0.29) is 53.7 Å². The Bertz CT molecular complexity index is 1310. The fourth-order valence-corrected chi connectivity index (χ4v) is 11.5. The molecule has 5 aliphatic carbocycles. The summed E-state index contributed by atoms with van der Waals surface area (Å²) in [4.78, 5) is 40.2. The number of carbonyl (C=O) groups excluding carboxylic acids is 3. The first-order valence-electron chi connectivity index (χ1n) is 15.0. The number of esters is 2. The summed E-state index contributed by atoms with van der Waals surface area (Å²) in [7, 11) is 0. The quantitative estimate of drug-likeness (QED) is 0.303. The smallest absolute Gasteiger partial charge is 0.334 e. The first-order chi connectivity index (χ1) is 18.6. The average Bonchev–Trinajstić information content (AvgIpc) is 3.56. The van der Waals surface area contributed by atoms with Crippen molar-refractivity contribution in [3.63, 3.8) is 0 Å². The Labute approximate surface area is 236 Å². The van der Waals surface area contributed by atoms with Crippen molar-refractivity contribution in [3.05, 3.63) is 36.0 Å². The van der Waals surface area contributed by atoms with Gasteiger partial charge in [-0.15, -0.1) is 0 Å². The SMILES string of the molecule is C=C1C(=O)O[C@@H]2[C@@H]1CC[C@](C)(O)[C@@]13C=C[C@@](C)([C@@H]21)[C@]1(C3)C(=O)O[C@@H]2[C@@H]3C(C)=CC[C@@H]3[C@](C)(O)C[C@H](CC(C)=O)[C@H]21. The Morgan fingerprint density at radius 2 is 1.85 bits per heavy atom. The molecule has 2 bridgehead atoms. The predicted molar refractivity (Wildman–Crippen MR) is 145 cm³/mol. The monoisotopic (exact) mass is 550 g/mol. The Morgan fingerprint density at radius 3 is 2.55 bits per heavy atom. The van der Waals surface area contributed by atoms with Crippen molar-refractivity contribution < 1.29 is 34.1 Å². The molecule has 7 heteroatoms. The van der Waals surface area contributed by atoms with Gasteiger partial charge in [-0.1, -0.05) is 37.3 Å². The van der Waals surface area contributed by atoms with Crippen LogP contribution in [0.2, 0.25) is 0 Å². The number of hydrogen-bond donors (Lipinski definition) is 2. The summed E-state index contributed by atoms with van der Waals surface area (Å²) in [6.45, 7) is 13.5. The molecule has 216 valence electrons. The predicted octanol–water partition coefficient (Wildman–Crippen LogP) is 4.07. The van der Waals surface area contributed by atoms with Crippen LogP contribution in [0.3, 0.4) is 0 Å². The number of aliphatic hydroxyl groups is 2. The molecular weight excluding hydrogens is 508 g/mol. The molecule has 5 fully saturated rings. The molecule has 0 amide bonds. The van der Waals surface area contributed by atoms with Crippen LogP contribution in [-0.2, 0) is 23.9 Å². The summed E-state index contributed by atoms with van der Waals surface area (Å²) < 4.78 is 12.6. The second kappa shape index (κ2) is 7.77. The van der Waals surface area contributed by atoms with Crippen LogP contribution in [0, 0.1) is 51.8 Å². The van der Waals surface area contributed by atoms with Gasteiger partial charge in [-0.05, 0) is 65.7 Å². The summed E-state index contributed by atoms with van der Waals surface area (Å²) in [6, 6.07) is 0. The van der Waals surface area contributed by atoms with Gasteiger partial charge in [-0.3, -0.25) is 4.79 Å². The zero-order valence-corrected chi connectivity index (χ0v) is 24.2. The van der Waals surface area contributed by atoms with Gasteiger partial charge in [0.25, 0.3) is 0 Å². The zero-order chi connectivity index (χ0) is 28.8. The molecule has 3 saturated carbocycles. The van der Waals surface area contributed by atoms with Crippen LogP contribution in [0.4, 0.5) is 0 Å². The highest BCUT2D eigenvalue weighted by Gasteiger charge is 2.84. The van der Waals surface area contributed by atoms with Crippen LogP contribution >= 0.6 is 0 Å². The summed E-state index contributed by atoms with van der Waals surface area (Å²) in [5, 5.41) is 24.1. The molecular formula is C33H42O7. The summed E-state index contributed by atoms with van der Waals surface area (Å²) in [5.41, 5.74) is -3.24. The lowest BCUT2D eigenvalue weighted by Gasteiger charge is -2.47. The highest BCUT2D eigenvalue weighted by Crippen LogP contribution is 2.81. The molecule has 0 radical (unpaired) electrons. The highest BCUT2D eigenvalue weighted by molar-refractivity contribution is 5.91. The Kier molecular flexibility index (Phi) is 5.17. The fraction of sp³-hybridized carbons (Fsp3) is 0.727. The van der Waals surface area contributed by atoms with Crippen LogP contribution < -0.4 is 0 Å². The number of allylic oxidation sites excluding steroid dienone is 2. The Hall–Kier alpha value is -2.25. The van der Waals surface area contributed by atoms with Crippen molar-refractivity contribution >= 4 is 17.7 Å². The van der Waals surface area contributed by atoms with E-state index in [1.807, 2.05) is 13.8 Å². The van der Waals surface area contributed by atoms with E-state index in [2.05, 4.69) is 38.7 Å². The van der Waals surface area contributed by atoms with E-state index < -0.39 is 45.6 Å². The number of hydrogen-bond acceptors (Lipinski definition) is 7. The zero-order valence-electron chi connectivity index (χ0n) is 24.2. The fourth-order valence-electron chi connectivity index (χ4n) is 11.5. The molecule has 0 aromatic rings. The maximum Gasteiger partial charge on any atom is 0.334 e. The summed E-state index contributed by atoms with van der Waals surface area (Å²) in [5.74, 6) is -2.03. The van der Waals surface area contributed by atoms with Gasteiger partial charge in [0.05, 0.1) is 16.6 Å². The van der Waals surface area contributed by atoms with Crippen LogP contribution in [0.25, 0.3) is 0 Å². The topological polar surface area (TPSA) is 110 Å². The van der Waals surface area contributed by atoms with E-state index in [4.69, 9.17) is 9.47 Å². The minimum absolute atomic E-state index is 0.0256. The second-order valence-electron chi connectivity index (χ2n) is 15.0. The first kappa shape index (κ1) is 26.6. The van der Waals surface area contributed by atoms with E-state index in [0.29, 0.717) is 37.7 Å². The summed E-state index contributed by atoms with van der Waals surface area (Å²) in [6.07, 6.45) is 8.17. The maximum absolute atomic E-state index is 14.6. The van der Waals surface area contributed by atoms with Crippen molar-refractivity contribution in [3.8, 4) is 0 Å². The van der Waals surface area contributed by atoms with Crippen LogP contribution in [0.1, 0.15) is 73.1 Å². The van der Waals surface area contributed by atoms with Gasteiger partial charge in [0.15, 0.2) is 0 Å². The lowest BCUT2D eigenvalue weighted by molar-refractivity contribution is -0.157. The van der Waals surface area contributed by atoms with Crippen molar-refractivity contribution in [2.45, 2.75) is 96.6 Å². The molecule has 0 unspecified atom stereocenters.